The Morgan fingerprint density at radius 3 is 2.48 bits per heavy atom. The number of aryl methyl sites for hydroxylation is 2. The van der Waals surface area contributed by atoms with E-state index in [2.05, 4.69) is 6.92 Å². The molecule has 2 aromatic carbocycles. The number of aliphatic hydroxyl groups is 1. The SMILES string of the molecule is CCCn1c(=N)n(C[C@H](O)COc2cccc(C)c2)c2ccccc21. The Labute approximate surface area is 147 Å². The summed E-state index contributed by atoms with van der Waals surface area (Å²) < 4.78 is 9.54. The number of rotatable bonds is 7. The average molecular weight is 339 g/mol. The van der Waals surface area contributed by atoms with Crippen molar-refractivity contribution in [3.8, 4) is 5.75 Å². The smallest absolute Gasteiger partial charge is 0.203 e. The van der Waals surface area contributed by atoms with Gasteiger partial charge < -0.3 is 19.0 Å². The minimum atomic E-state index is -0.685. The normalized spacial score (nSPS) is 12.4. The van der Waals surface area contributed by atoms with Gasteiger partial charge in [0.25, 0.3) is 0 Å². The molecule has 25 heavy (non-hydrogen) atoms. The number of fused-ring (bicyclic) bond motifs is 1. The van der Waals surface area contributed by atoms with Crippen LogP contribution in [0.3, 0.4) is 0 Å². The molecule has 0 fully saturated rings. The molecule has 132 valence electrons. The monoisotopic (exact) mass is 339 g/mol. The van der Waals surface area contributed by atoms with Crippen molar-refractivity contribution in [2.75, 3.05) is 6.61 Å². The van der Waals surface area contributed by atoms with E-state index >= 15 is 0 Å². The summed E-state index contributed by atoms with van der Waals surface area (Å²) in [5, 5.41) is 18.9. The van der Waals surface area contributed by atoms with Crippen LogP contribution in [0.4, 0.5) is 0 Å². The summed E-state index contributed by atoms with van der Waals surface area (Å²) in [5.41, 5.74) is 3.53. The highest BCUT2D eigenvalue weighted by Crippen LogP contribution is 2.15. The van der Waals surface area contributed by atoms with E-state index in [0.717, 1.165) is 35.3 Å². The summed E-state index contributed by atoms with van der Waals surface area (Å²) >= 11 is 0. The molecular weight excluding hydrogens is 314 g/mol. The molecule has 0 saturated carbocycles. The van der Waals surface area contributed by atoms with Gasteiger partial charge in [-0.1, -0.05) is 31.2 Å². The topological polar surface area (TPSA) is 63.2 Å². The molecule has 5 heteroatoms. The van der Waals surface area contributed by atoms with Crippen LogP contribution < -0.4 is 10.4 Å². The minimum absolute atomic E-state index is 0.198. The zero-order chi connectivity index (χ0) is 17.8. The maximum absolute atomic E-state index is 10.4. The number of para-hydroxylation sites is 2. The average Bonchev–Trinajstić information content (AvgIpc) is 2.86. The van der Waals surface area contributed by atoms with Crippen molar-refractivity contribution < 1.29 is 9.84 Å². The van der Waals surface area contributed by atoms with E-state index in [9.17, 15) is 5.11 Å². The van der Waals surface area contributed by atoms with Gasteiger partial charge in [0.2, 0.25) is 5.62 Å². The van der Waals surface area contributed by atoms with Crippen LogP contribution in [0.5, 0.6) is 5.75 Å². The van der Waals surface area contributed by atoms with Crippen LogP contribution in [-0.4, -0.2) is 27.0 Å². The molecule has 0 aliphatic heterocycles. The third-order valence-corrected chi connectivity index (χ3v) is 4.25. The summed E-state index contributed by atoms with van der Waals surface area (Å²) in [6.45, 7) is 5.43. The fourth-order valence-corrected chi connectivity index (χ4v) is 3.09. The van der Waals surface area contributed by atoms with Crippen LogP contribution in [-0.2, 0) is 13.1 Å². The molecular formula is C20H25N3O2. The lowest BCUT2D eigenvalue weighted by Crippen LogP contribution is -2.31. The molecule has 2 N–H and O–H groups in total. The lowest BCUT2D eigenvalue weighted by Gasteiger charge is -2.14. The van der Waals surface area contributed by atoms with Crippen LogP contribution in [0.25, 0.3) is 11.0 Å². The van der Waals surface area contributed by atoms with Gasteiger partial charge in [-0.15, -0.1) is 0 Å². The largest absolute Gasteiger partial charge is 0.491 e. The first-order valence-corrected chi connectivity index (χ1v) is 8.70. The highest BCUT2D eigenvalue weighted by atomic mass is 16.5. The zero-order valence-corrected chi connectivity index (χ0v) is 14.8. The molecule has 0 radical (unpaired) electrons. The Morgan fingerprint density at radius 1 is 1.08 bits per heavy atom. The molecule has 0 unspecified atom stereocenters. The molecule has 0 spiro atoms. The highest BCUT2D eigenvalue weighted by Gasteiger charge is 2.14. The molecule has 1 heterocycles. The van der Waals surface area contributed by atoms with Crippen LogP contribution in [0, 0.1) is 12.3 Å². The summed E-state index contributed by atoms with van der Waals surface area (Å²) in [6.07, 6.45) is 0.277. The number of aromatic nitrogens is 2. The van der Waals surface area contributed by atoms with Crippen LogP contribution in [0.1, 0.15) is 18.9 Å². The first kappa shape index (κ1) is 17.3. The number of nitrogens with zero attached hydrogens (tertiary/aromatic N) is 2. The Balaban J connectivity index is 1.78. The van der Waals surface area contributed by atoms with Crippen molar-refractivity contribution in [3.05, 3.63) is 59.7 Å². The van der Waals surface area contributed by atoms with Crippen LogP contribution in [0.15, 0.2) is 48.5 Å². The van der Waals surface area contributed by atoms with Crippen molar-refractivity contribution in [1.82, 2.24) is 9.13 Å². The van der Waals surface area contributed by atoms with Gasteiger partial charge in [-0.25, -0.2) is 0 Å². The van der Waals surface area contributed by atoms with Gasteiger partial charge in [-0.05, 0) is 43.2 Å². The number of nitrogens with one attached hydrogen (secondary N) is 1. The predicted molar refractivity (Wildman–Crippen MR) is 98.8 cm³/mol. The number of benzene rings is 2. The second-order valence-electron chi connectivity index (χ2n) is 6.36. The third kappa shape index (κ3) is 3.77. The van der Waals surface area contributed by atoms with Crippen LogP contribution >= 0.6 is 0 Å². The fourth-order valence-electron chi connectivity index (χ4n) is 3.09. The maximum atomic E-state index is 10.4. The summed E-state index contributed by atoms with van der Waals surface area (Å²) in [5.74, 6) is 0.753. The first-order chi connectivity index (χ1) is 12.1. The maximum Gasteiger partial charge on any atom is 0.203 e. The Morgan fingerprint density at radius 2 is 1.80 bits per heavy atom. The lowest BCUT2D eigenvalue weighted by molar-refractivity contribution is 0.0920. The summed E-state index contributed by atoms with van der Waals surface area (Å²) in [6, 6.07) is 15.7. The Bertz CT molecular complexity index is 911. The van der Waals surface area contributed by atoms with E-state index in [1.165, 1.54) is 0 Å². The van der Waals surface area contributed by atoms with Gasteiger partial charge in [0.05, 0.1) is 17.6 Å². The van der Waals surface area contributed by atoms with Gasteiger partial charge in [0, 0.05) is 6.54 Å². The molecule has 0 aliphatic rings. The second-order valence-corrected chi connectivity index (χ2v) is 6.36. The quantitative estimate of drug-likeness (QED) is 0.695. The van der Waals surface area contributed by atoms with Crippen molar-refractivity contribution in [2.45, 2.75) is 39.5 Å². The van der Waals surface area contributed by atoms with E-state index < -0.39 is 6.10 Å². The Hall–Kier alpha value is -2.53. The molecule has 1 aromatic heterocycles. The first-order valence-electron chi connectivity index (χ1n) is 8.70. The van der Waals surface area contributed by atoms with E-state index in [4.69, 9.17) is 10.1 Å². The number of hydrogen-bond acceptors (Lipinski definition) is 3. The van der Waals surface area contributed by atoms with Crippen LogP contribution in [0.2, 0.25) is 0 Å². The zero-order valence-electron chi connectivity index (χ0n) is 14.8. The highest BCUT2D eigenvalue weighted by molar-refractivity contribution is 5.75. The minimum Gasteiger partial charge on any atom is -0.491 e. The number of ether oxygens (including phenoxy) is 1. The molecule has 0 bridgehead atoms. The van der Waals surface area contributed by atoms with E-state index in [1.807, 2.05) is 64.6 Å². The van der Waals surface area contributed by atoms with Gasteiger partial charge in [-0.3, -0.25) is 5.41 Å². The van der Waals surface area contributed by atoms with Crippen molar-refractivity contribution >= 4 is 11.0 Å². The molecule has 3 rings (SSSR count). The molecule has 0 aliphatic carbocycles. The van der Waals surface area contributed by atoms with Gasteiger partial charge in [0.15, 0.2) is 0 Å². The Kier molecular flexibility index (Phi) is 5.24. The summed E-state index contributed by atoms with van der Waals surface area (Å²) in [4.78, 5) is 0. The lowest BCUT2D eigenvalue weighted by atomic mass is 10.2. The molecule has 5 nitrogen and oxygen atoms in total. The fraction of sp³-hybridized carbons (Fsp3) is 0.350. The van der Waals surface area contributed by atoms with Crippen molar-refractivity contribution in [1.29, 1.82) is 5.41 Å². The van der Waals surface area contributed by atoms with E-state index in [0.29, 0.717) is 12.2 Å². The standard InChI is InChI=1S/C20H25N3O2/c1-3-11-22-18-9-4-5-10-19(18)23(20(22)21)13-16(24)14-25-17-8-6-7-15(2)12-17/h4-10,12,16,21,24H,3,11,13-14H2,1-2H3/t16-/m0/s1. The van der Waals surface area contributed by atoms with Gasteiger partial charge in [-0.2, -0.15) is 0 Å². The number of hydrogen-bond donors (Lipinski definition) is 2. The molecule has 3 aromatic rings. The third-order valence-electron chi connectivity index (χ3n) is 4.25. The van der Waals surface area contributed by atoms with Gasteiger partial charge >= 0.3 is 0 Å². The molecule has 1 atom stereocenters. The number of aliphatic hydroxyl groups excluding tert-OH is 1. The van der Waals surface area contributed by atoms with E-state index in [1.54, 1.807) is 0 Å². The number of imidazole rings is 1. The molecule has 0 saturated heterocycles. The van der Waals surface area contributed by atoms with Crippen molar-refractivity contribution in [2.24, 2.45) is 0 Å². The van der Waals surface area contributed by atoms with Gasteiger partial charge in [0.1, 0.15) is 18.5 Å². The van der Waals surface area contributed by atoms with E-state index in [-0.39, 0.29) is 6.61 Å². The summed E-state index contributed by atoms with van der Waals surface area (Å²) in [7, 11) is 0. The molecule has 0 amide bonds. The second kappa shape index (κ2) is 7.57. The predicted octanol–water partition coefficient (Wildman–Crippen LogP) is 3.08. The van der Waals surface area contributed by atoms with Crippen molar-refractivity contribution in [3.63, 3.8) is 0 Å².